The highest BCUT2D eigenvalue weighted by molar-refractivity contribution is 5.93. The highest BCUT2D eigenvalue weighted by atomic mass is 19.1. The first-order valence-electron chi connectivity index (χ1n) is 6.97. The average Bonchev–Trinajstić information content (AvgIpc) is 2.81. The third-order valence-electron chi connectivity index (χ3n) is 3.00. The lowest BCUT2D eigenvalue weighted by Crippen LogP contribution is -2.42. The maximum atomic E-state index is 13.0. The van der Waals surface area contributed by atoms with Gasteiger partial charge < -0.3 is 0 Å². The second-order valence-corrected chi connectivity index (χ2v) is 5.01. The van der Waals surface area contributed by atoms with Crippen LogP contribution in [0.2, 0.25) is 0 Å². The van der Waals surface area contributed by atoms with Gasteiger partial charge in [-0.15, -0.1) is 0 Å². The zero-order valence-electron chi connectivity index (χ0n) is 12.8. The Morgan fingerprint density at radius 1 is 1.26 bits per heavy atom. The number of nitrogens with zero attached hydrogens (tertiary/aromatic N) is 2. The number of aromatic nitrogens is 2. The van der Waals surface area contributed by atoms with Gasteiger partial charge in [0.05, 0.1) is 5.69 Å². The SMILES string of the molecule is Cc1cc(C)n(CC(=O)NNC(=O)/C=C/c2cccc(F)c2)n1. The van der Waals surface area contributed by atoms with Gasteiger partial charge in [-0.25, -0.2) is 4.39 Å². The van der Waals surface area contributed by atoms with E-state index in [1.54, 1.807) is 16.8 Å². The Morgan fingerprint density at radius 3 is 2.70 bits per heavy atom. The molecule has 6 nitrogen and oxygen atoms in total. The summed E-state index contributed by atoms with van der Waals surface area (Å²) < 4.78 is 14.5. The third-order valence-corrected chi connectivity index (χ3v) is 3.00. The van der Waals surface area contributed by atoms with Crippen LogP contribution in [0.4, 0.5) is 4.39 Å². The first kappa shape index (κ1) is 16.4. The van der Waals surface area contributed by atoms with E-state index in [2.05, 4.69) is 16.0 Å². The van der Waals surface area contributed by atoms with Crippen LogP contribution < -0.4 is 10.9 Å². The zero-order chi connectivity index (χ0) is 16.8. The smallest absolute Gasteiger partial charge is 0.262 e. The summed E-state index contributed by atoms with van der Waals surface area (Å²) in [7, 11) is 0. The summed E-state index contributed by atoms with van der Waals surface area (Å²) in [5.41, 5.74) is 6.77. The molecule has 0 saturated carbocycles. The van der Waals surface area contributed by atoms with Crippen molar-refractivity contribution in [3.05, 3.63) is 59.2 Å². The molecule has 0 aliphatic rings. The average molecular weight is 316 g/mol. The minimum atomic E-state index is -0.518. The van der Waals surface area contributed by atoms with Gasteiger partial charge in [-0.1, -0.05) is 12.1 Å². The Balaban J connectivity index is 1.82. The first-order chi connectivity index (χ1) is 10.9. The van der Waals surface area contributed by atoms with Crippen LogP contribution in [0.15, 0.2) is 36.4 Å². The van der Waals surface area contributed by atoms with Crippen LogP contribution in [0, 0.1) is 19.7 Å². The number of hydrogen-bond acceptors (Lipinski definition) is 3. The van der Waals surface area contributed by atoms with E-state index in [4.69, 9.17) is 0 Å². The van der Waals surface area contributed by atoms with E-state index in [9.17, 15) is 14.0 Å². The molecule has 0 atom stereocenters. The predicted molar refractivity (Wildman–Crippen MR) is 83.4 cm³/mol. The monoisotopic (exact) mass is 316 g/mol. The molecule has 2 N–H and O–H groups in total. The molecule has 0 unspecified atom stereocenters. The number of hydrazine groups is 1. The fraction of sp³-hybridized carbons (Fsp3) is 0.188. The van der Waals surface area contributed by atoms with Gasteiger partial charge in [-0.05, 0) is 43.7 Å². The van der Waals surface area contributed by atoms with Gasteiger partial charge in [-0.3, -0.25) is 25.1 Å². The molecule has 1 heterocycles. The maximum absolute atomic E-state index is 13.0. The number of halogens is 1. The van der Waals surface area contributed by atoms with E-state index in [0.29, 0.717) is 5.56 Å². The number of hydrogen-bond donors (Lipinski definition) is 2. The zero-order valence-corrected chi connectivity index (χ0v) is 12.8. The highest BCUT2D eigenvalue weighted by Crippen LogP contribution is 2.05. The van der Waals surface area contributed by atoms with Crippen molar-refractivity contribution < 1.29 is 14.0 Å². The molecular weight excluding hydrogens is 299 g/mol. The largest absolute Gasteiger partial charge is 0.271 e. The molecule has 0 aliphatic carbocycles. The van der Waals surface area contributed by atoms with Gasteiger partial charge in [0, 0.05) is 11.8 Å². The molecule has 0 saturated heterocycles. The number of carbonyl (C=O) groups excluding carboxylic acids is 2. The van der Waals surface area contributed by atoms with E-state index in [1.807, 2.05) is 19.9 Å². The van der Waals surface area contributed by atoms with Crippen molar-refractivity contribution in [2.75, 3.05) is 0 Å². The number of benzene rings is 1. The lowest BCUT2D eigenvalue weighted by Gasteiger charge is -2.06. The Hall–Kier alpha value is -2.96. The van der Waals surface area contributed by atoms with Gasteiger partial charge in [0.2, 0.25) is 0 Å². The first-order valence-corrected chi connectivity index (χ1v) is 6.97. The van der Waals surface area contributed by atoms with Crippen LogP contribution in [0.3, 0.4) is 0 Å². The fourth-order valence-corrected chi connectivity index (χ4v) is 1.97. The van der Waals surface area contributed by atoms with Crippen LogP contribution in [0.25, 0.3) is 6.08 Å². The van der Waals surface area contributed by atoms with Crippen LogP contribution in [-0.4, -0.2) is 21.6 Å². The Bertz CT molecular complexity index is 752. The standard InChI is InChI=1S/C16H17FN4O2/c1-11-8-12(2)21(20-11)10-16(23)19-18-15(22)7-6-13-4-3-5-14(17)9-13/h3-9H,10H2,1-2H3,(H,18,22)(H,19,23)/b7-6+. The minimum absolute atomic E-state index is 0.00750. The van der Waals surface area contributed by atoms with Crippen molar-refractivity contribution in [3.8, 4) is 0 Å². The Morgan fingerprint density at radius 2 is 2.04 bits per heavy atom. The summed E-state index contributed by atoms with van der Waals surface area (Å²) in [6.07, 6.45) is 2.66. The van der Waals surface area contributed by atoms with Crippen molar-refractivity contribution in [2.45, 2.75) is 20.4 Å². The molecule has 1 aromatic carbocycles. The topological polar surface area (TPSA) is 76.0 Å². The minimum Gasteiger partial charge on any atom is -0.271 e. The molecule has 23 heavy (non-hydrogen) atoms. The number of aryl methyl sites for hydroxylation is 2. The van der Waals surface area contributed by atoms with Crippen molar-refractivity contribution >= 4 is 17.9 Å². The van der Waals surface area contributed by atoms with E-state index in [-0.39, 0.29) is 12.4 Å². The molecule has 0 spiro atoms. The quantitative estimate of drug-likeness (QED) is 0.663. The van der Waals surface area contributed by atoms with E-state index in [1.165, 1.54) is 24.3 Å². The highest BCUT2D eigenvalue weighted by Gasteiger charge is 2.07. The number of carbonyl (C=O) groups is 2. The van der Waals surface area contributed by atoms with E-state index >= 15 is 0 Å². The summed E-state index contributed by atoms with van der Waals surface area (Å²) in [5.74, 6) is -1.30. The molecule has 0 aliphatic heterocycles. The van der Waals surface area contributed by atoms with Crippen molar-refractivity contribution in [3.63, 3.8) is 0 Å². The molecule has 7 heteroatoms. The summed E-state index contributed by atoms with van der Waals surface area (Å²) in [6, 6.07) is 7.67. The van der Waals surface area contributed by atoms with Gasteiger partial charge >= 0.3 is 0 Å². The Kier molecular flexibility index (Phi) is 5.24. The fourth-order valence-electron chi connectivity index (χ4n) is 1.97. The predicted octanol–water partition coefficient (Wildman–Crippen LogP) is 1.50. The number of amides is 2. The molecule has 2 amide bonds. The van der Waals surface area contributed by atoms with Gasteiger partial charge in [0.1, 0.15) is 12.4 Å². The van der Waals surface area contributed by atoms with Crippen LogP contribution >= 0.6 is 0 Å². The van der Waals surface area contributed by atoms with Gasteiger partial charge in [0.25, 0.3) is 11.8 Å². The summed E-state index contributed by atoms with van der Waals surface area (Å²) in [6.45, 7) is 3.68. The maximum Gasteiger partial charge on any atom is 0.262 e. The van der Waals surface area contributed by atoms with Crippen LogP contribution in [-0.2, 0) is 16.1 Å². The molecule has 0 bridgehead atoms. The molecule has 2 rings (SSSR count). The second kappa shape index (κ2) is 7.35. The molecular formula is C16H17FN4O2. The summed E-state index contributed by atoms with van der Waals surface area (Å²) in [4.78, 5) is 23.3. The van der Waals surface area contributed by atoms with Crippen LogP contribution in [0.5, 0.6) is 0 Å². The van der Waals surface area contributed by atoms with Crippen LogP contribution in [0.1, 0.15) is 17.0 Å². The lowest BCUT2D eigenvalue weighted by atomic mass is 10.2. The van der Waals surface area contributed by atoms with Crippen molar-refractivity contribution in [1.82, 2.24) is 20.6 Å². The number of nitrogens with one attached hydrogen (secondary N) is 2. The Labute approximate surface area is 133 Å². The van der Waals surface area contributed by atoms with E-state index < -0.39 is 11.8 Å². The van der Waals surface area contributed by atoms with E-state index in [0.717, 1.165) is 11.4 Å². The second-order valence-electron chi connectivity index (χ2n) is 5.01. The third kappa shape index (κ3) is 5.06. The number of rotatable bonds is 4. The summed E-state index contributed by atoms with van der Waals surface area (Å²) in [5, 5.41) is 4.16. The van der Waals surface area contributed by atoms with Crippen molar-refractivity contribution in [1.29, 1.82) is 0 Å². The summed E-state index contributed by atoms with van der Waals surface area (Å²) >= 11 is 0. The molecule has 1 aromatic heterocycles. The molecule has 120 valence electrons. The van der Waals surface area contributed by atoms with Crippen molar-refractivity contribution in [2.24, 2.45) is 0 Å². The van der Waals surface area contributed by atoms with Gasteiger partial charge in [0.15, 0.2) is 0 Å². The normalized spacial score (nSPS) is 10.7. The molecule has 2 aromatic rings. The molecule has 0 radical (unpaired) electrons. The van der Waals surface area contributed by atoms with Gasteiger partial charge in [-0.2, -0.15) is 5.10 Å². The molecule has 0 fully saturated rings. The lowest BCUT2D eigenvalue weighted by molar-refractivity contribution is -0.127.